The summed E-state index contributed by atoms with van der Waals surface area (Å²) >= 11 is 0. The number of benzene rings is 2. The van der Waals surface area contributed by atoms with E-state index in [2.05, 4.69) is 41.3 Å². The number of carbonyl (C=O) groups excluding carboxylic acids is 1. The molecule has 0 aromatic heterocycles. The van der Waals surface area contributed by atoms with Crippen LogP contribution in [0.5, 0.6) is 5.75 Å². The van der Waals surface area contributed by atoms with Crippen LogP contribution in [0.1, 0.15) is 37.8 Å². The fourth-order valence-electron chi connectivity index (χ4n) is 4.14. The second kappa shape index (κ2) is 9.27. The van der Waals surface area contributed by atoms with Gasteiger partial charge in [-0.1, -0.05) is 54.1 Å². The molecule has 2 aromatic carbocycles. The average Bonchev–Trinajstić information content (AvgIpc) is 2.75. The minimum atomic E-state index is -0.499. The zero-order chi connectivity index (χ0) is 20.9. The van der Waals surface area contributed by atoms with Crippen LogP contribution >= 0.6 is 0 Å². The third-order valence-corrected chi connectivity index (χ3v) is 5.61. The fraction of sp³-hybridized carbons (Fsp3) is 0.400. The van der Waals surface area contributed by atoms with Crippen LogP contribution < -0.4 is 4.74 Å². The fourth-order valence-corrected chi connectivity index (χ4v) is 4.14. The van der Waals surface area contributed by atoms with Crippen LogP contribution in [0.3, 0.4) is 0 Å². The molecule has 0 amide bonds. The molecule has 0 spiro atoms. The Hall–Kier alpha value is -2.59. The van der Waals surface area contributed by atoms with E-state index in [0.717, 1.165) is 37.2 Å². The predicted molar refractivity (Wildman–Crippen MR) is 117 cm³/mol. The standard InChI is InChI=1S/C25H31NO3/c1-25(2,24(27)29-4)18-26-16-14-20(15-17-26)23(19-10-6-5-7-11-19)21-12-8-9-13-22(21)28-3/h5-13H,14-18H2,1-4H3. The monoisotopic (exact) mass is 393 g/mol. The summed E-state index contributed by atoms with van der Waals surface area (Å²) < 4.78 is 10.6. The molecule has 1 fully saturated rings. The number of rotatable bonds is 6. The van der Waals surface area contributed by atoms with E-state index in [4.69, 9.17) is 9.47 Å². The van der Waals surface area contributed by atoms with Gasteiger partial charge in [-0.3, -0.25) is 4.79 Å². The second-order valence-corrected chi connectivity index (χ2v) is 8.20. The molecule has 2 aromatic rings. The van der Waals surface area contributed by atoms with Gasteiger partial charge in [0.1, 0.15) is 5.75 Å². The lowest BCUT2D eigenvalue weighted by Crippen LogP contribution is -2.42. The van der Waals surface area contributed by atoms with Gasteiger partial charge in [0, 0.05) is 25.2 Å². The molecule has 29 heavy (non-hydrogen) atoms. The minimum Gasteiger partial charge on any atom is -0.496 e. The van der Waals surface area contributed by atoms with Crippen molar-refractivity contribution in [1.82, 2.24) is 4.90 Å². The van der Waals surface area contributed by atoms with Crippen LogP contribution in [0.2, 0.25) is 0 Å². The van der Waals surface area contributed by atoms with Crippen molar-refractivity contribution in [2.45, 2.75) is 26.7 Å². The van der Waals surface area contributed by atoms with E-state index in [0.29, 0.717) is 6.54 Å². The van der Waals surface area contributed by atoms with Gasteiger partial charge in [-0.25, -0.2) is 0 Å². The first kappa shape index (κ1) is 21.1. The van der Waals surface area contributed by atoms with Crippen LogP contribution in [0.4, 0.5) is 0 Å². The number of methoxy groups -OCH3 is 2. The maximum Gasteiger partial charge on any atom is 0.312 e. The number of ether oxygens (including phenoxy) is 2. The number of likely N-dealkylation sites (tertiary alicyclic amines) is 1. The first-order valence-electron chi connectivity index (χ1n) is 10.2. The van der Waals surface area contributed by atoms with Crippen LogP contribution in [-0.2, 0) is 9.53 Å². The highest BCUT2D eigenvalue weighted by Crippen LogP contribution is 2.37. The number of hydrogen-bond acceptors (Lipinski definition) is 4. The van der Waals surface area contributed by atoms with Crippen molar-refractivity contribution in [3.63, 3.8) is 0 Å². The van der Waals surface area contributed by atoms with Crippen molar-refractivity contribution < 1.29 is 14.3 Å². The number of esters is 1. The van der Waals surface area contributed by atoms with Crippen molar-refractivity contribution in [1.29, 1.82) is 0 Å². The summed E-state index contributed by atoms with van der Waals surface area (Å²) in [6.07, 6.45) is 1.94. The number of piperidine rings is 1. The van der Waals surface area contributed by atoms with Gasteiger partial charge in [0.05, 0.1) is 19.6 Å². The topological polar surface area (TPSA) is 38.8 Å². The van der Waals surface area contributed by atoms with Gasteiger partial charge in [-0.15, -0.1) is 0 Å². The minimum absolute atomic E-state index is 0.155. The van der Waals surface area contributed by atoms with Gasteiger partial charge >= 0.3 is 5.97 Å². The van der Waals surface area contributed by atoms with E-state index in [-0.39, 0.29) is 5.97 Å². The predicted octanol–water partition coefficient (Wildman–Crippen LogP) is 4.79. The van der Waals surface area contributed by atoms with Crippen molar-refractivity contribution in [3.05, 3.63) is 71.3 Å². The summed E-state index contributed by atoms with van der Waals surface area (Å²) in [6.45, 7) is 6.48. The molecular weight excluding hydrogens is 362 g/mol. The summed E-state index contributed by atoms with van der Waals surface area (Å²) in [7, 11) is 3.18. The molecule has 1 heterocycles. The van der Waals surface area contributed by atoms with Gasteiger partial charge in [0.2, 0.25) is 0 Å². The molecule has 0 atom stereocenters. The van der Waals surface area contributed by atoms with Gasteiger partial charge in [0.25, 0.3) is 0 Å². The number of para-hydroxylation sites is 1. The molecule has 0 saturated carbocycles. The first-order valence-corrected chi connectivity index (χ1v) is 10.2. The molecular formula is C25H31NO3. The maximum absolute atomic E-state index is 12.0. The van der Waals surface area contributed by atoms with E-state index in [1.54, 1.807) is 7.11 Å². The molecule has 0 radical (unpaired) electrons. The highest BCUT2D eigenvalue weighted by atomic mass is 16.5. The summed E-state index contributed by atoms with van der Waals surface area (Å²) in [4.78, 5) is 14.4. The Bertz CT molecular complexity index is 861. The zero-order valence-electron chi connectivity index (χ0n) is 17.9. The third-order valence-electron chi connectivity index (χ3n) is 5.61. The van der Waals surface area contributed by atoms with E-state index in [1.165, 1.54) is 23.8 Å². The SMILES string of the molecule is COC(=O)C(C)(C)CN1CCC(=C(c2ccccc2)c2ccccc2OC)CC1. The zero-order valence-corrected chi connectivity index (χ0v) is 17.9. The second-order valence-electron chi connectivity index (χ2n) is 8.20. The Balaban J connectivity index is 1.89. The van der Waals surface area contributed by atoms with Crippen LogP contribution in [0.25, 0.3) is 5.57 Å². The van der Waals surface area contributed by atoms with E-state index < -0.39 is 5.41 Å². The average molecular weight is 394 g/mol. The highest BCUT2D eigenvalue weighted by molar-refractivity contribution is 5.85. The van der Waals surface area contributed by atoms with E-state index >= 15 is 0 Å². The summed E-state index contributed by atoms with van der Waals surface area (Å²) in [5, 5.41) is 0. The van der Waals surface area contributed by atoms with Crippen molar-refractivity contribution >= 4 is 11.5 Å². The Morgan fingerprint density at radius 3 is 2.21 bits per heavy atom. The van der Waals surface area contributed by atoms with Crippen LogP contribution in [0.15, 0.2) is 60.2 Å². The Morgan fingerprint density at radius 2 is 1.59 bits per heavy atom. The lowest BCUT2D eigenvalue weighted by Gasteiger charge is -2.35. The normalized spacial score (nSPS) is 15.1. The largest absolute Gasteiger partial charge is 0.496 e. The first-order chi connectivity index (χ1) is 14.0. The molecule has 0 bridgehead atoms. The van der Waals surface area contributed by atoms with Crippen LogP contribution in [0, 0.1) is 5.41 Å². The number of carbonyl (C=O) groups is 1. The summed E-state index contributed by atoms with van der Waals surface area (Å²) in [5.74, 6) is 0.742. The number of hydrogen-bond donors (Lipinski definition) is 0. The third kappa shape index (κ3) is 4.88. The smallest absolute Gasteiger partial charge is 0.312 e. The van der Waals surface area contributed by atoms with Crippen molar-refractivity contribution in [2.75, 3.05) is 33.9 Å². The Labute approximate surface area is 174 Å². The Kier molecular flexibility index (Phi) is 6.75. The molecule has 4 heteroatoms. The Morgan fingerprint density at radius 1 is 0.966 bits per heavy atom. The maximum atomic E-state index is 12.0. The number of nitrogens with zero attached hydrogens (tertiary/aromatic N) is 1. The lowest BCUT2D eigenvalue weighted by atomic mass is 9.86. The van der Waals surface area contributed by atoms with Gasteiger partial charge in [-0.05, 0) is 43.9 Å². The molecule has 0 N–H and O–H groups in total. The lowest BCUT2D eigenvalue weighted by molar-refractivity contribution is -0.151. The molecule has 3 rings (SSSR count). The van der Waals surface area contributed by atoms with E-state index in [9.17, 15) is 4.79 Å². The molecule has 1 aliphatic heterocycles. The van der Waals surface area contributed by atoms with Crippen molar-refractivity contribution in [3.8, 4) is 5.75 Å². The van der Waals surface area contributed by atoms with E-state index in [1.807, 2.05) is 32.0 Å². The molecule has 1 saturated heterocycles. The van der Waals surface area contributed by atoms with Gasteiger partial charge in [0.15, 0.2) is 0 Å². The highest BCUT2D eigenvalue weighted by Gasteiger charge is 2.32. The molecule has 0 unspecified atom stereocenters. The summed E-state index contributed by atoms with van der Waals surface area (Å²) in [5.41, 5.74) is 4.57. The van der Waals surface area contributed by atoms with Gasteiger partial charge < -0.3 is 14.4 Å². The molecule has 1 aliphatic rings. The summed E-state index contributed by atoms with van der Waals surface area (Å²) in [6, 6.07) is 18.8. The molecule has 4 nitrogen and oxygen atoms in total. The van der Waals surface area contributed by atoms with Crippen molar-refractivity contribution in [2.24, 2.45) is 5.41 Å². The molecule has 0 aliphatic carbocycles. The van der Waals surface area contributed by atoms with Gasteiger partial charge in [-0.2, -0.15) is 0 Å². The molecule has 154 valence electrons. The van der Waals surface area contributed by atoms with Crippen LogP contribution in [-0.4, -0.2) is 44.7 Å². The quantitative estimate of drug-likeness (QED) is 0.662.